The number of carbonyl (C=O) groups excluding carboxylic acids is 1. The molecule has 2 aromatic rings. The van der Waals surface area contributed by atoms with Crippen LogP contribution in [0.2, 0.25) is 0 Å². The van der Waals surface area contributed by atoms with Gasteiger partial charge in [-0.1, -0.05) is 6.58 Å². The molecule has 6 heteroatoms. The van der Waals surface area contributed by atoms with Crippen LogP contribution in [-0.4, -0.2) is 50.0 Å². The lowest BCUT2D eigenvalue weighted by Gasteiger charge is -2.39. The van der Waals surface area contributed by atoms with Crippen molar-refractivity contribution < 1.29 is 9.18 Å². The molecule has 0 spiro atoms. The molecule has 0 amide bonds. The molecule has 2 saturated heterocycles. The van der Waals surface area contributed by atoms with Crippen LogP contribution >= 0.6 is 0 Å². The molecule has 5 nitrogen and oxygen atoms in total. The van der Waals surface area contributed by atoms with Gasteiger partial charge in [-0.05, 0) is 62.6 Å². The van der Waals surface area contributed by atoms with Crippen molar-refractivity contribution in [2.24, 2.45) is 0 Å². The Morgan fingerprint density at radius 2 is 1.59 bits per heavy atom. The number of piperidine rings is 1. The smallest absolute Gasteiger partial charge is 0.159 e. The SMILES string of the molecule is C=C(c1cc(C#N)ccc1N1CCCCC1)N1CCN(c2ccc(C(C)=O)cc2F)CC1. The first-order valence-corrected chi connectivity index (χ1v) is 11.3. The molecule has 4 rings (SSSR count). The summed E-state index contributed by atoms with van der Waals surface area (Å²) in [6, 6.07) is 12.8. The first kappa shape index (κ1) is 21.9. The first-order chi connectivity index (χ1) is 15.5. The fourth-order valence-corrected chi connectivity index (χ4v) is 4.62. The van der Waals surface area contributed by atoms with Gasteiger partial charge in [-0.15, -0.1) is 0 Å². The van der Waals surface area contributed by atoms with Gasteiger partial charge >= 0.3 is 0 Å². The number of rotatable bonds is 5. The van der Waals surface area contributed by atoms with Gasteiger partial charge < -0.3 is 14.7 Å². The number of Topliss-reactive ketones (excluding diaryl/α,β-unsaturated/α-hetero) is 1. The second-order valence-electron chi connectivity index (χ2n) is 8.53. The highest BCUT2D eigenvalue weighted by atomic mass is 19.1. The van der Waals surface area contributed by atoms with Crippen LogP contribution in [0.4, 0.5) is 15.8 Å². The molecule has 2 aliphatic heterocycles. The summed E-state index contributed by atoms with van der Waals surface area (Å²) in [7, 11) is 0. The number of carbonyl (C=O) groups is 1. The molecule has 0 atom stereocenters. The minimum atomic E-state index is -0.362. The van der Waals surface area contributed by atoms with Gasteiger partial charge in [0.2, 0.25) is 0 Å². The lowest BCUT2D eigenvalue weighted by atomic mass is 10.0. The molecule has 0 saturated carbocycles. The van der Waals surface area contributed by atoms with Gasteiger partial charge in [0.1, 0.15) is 5.82 Å². The van der Waals surface area contributed by atoms with E-state index in [1.165, 1.54) is 32.3 Å². The van der Waals surface area contributed by atoms with Crippen LogP contribution in [0.1, 0.15) is 47.7 Å². The summed E-state index contributed by atoms with van der Waals surface area (Å²) in [6.07, 6.45) is 3.62. The largest absolute Gasteiger partial charge is 0.371 e. The molecule has 0 aliphatic carbocycles. The number of hydrogen-bond donors (Lipinski definition) is 0. The molecule has 2 aromatic carbocycles. The lowest BCUT2D eigenvalue weighted by Crippen LogP contribution is -2.45. The predicted molar refractivity (Wildman–Crippen MR) is 126 cm³/mol. The van der Waals surface area contributed by atoms with Gasteiger partial charge in [-0.3, -0.25) is 4.79 Å². The summed E-state index contributed by atoms with van der Waals surface area (Å²) in [4.78, 5) is 18.1. The van der Waals surface area contributed by atoms with Crippen molar-refractivity contribution in [3.8, 4) is 6.07 Å². The summed E-state index contributed by atoms with van der Waals surface area (Å²) in [5.74, 6) is -0.500. The fourth-order valence-electron chi connectivity index (χ4n) is 4.62. The zero-order valence-corrected chi connectivity index (χ0v) is 18.6. The maximum absolute atomic E-state index is 14.6. The van der Waals surface area contributed by atoms with E-state index in [1.54, 1.807) is 12.1 Å². The Hall–Kier alpha value is -3.33. The summed E-state index contributed by atoms with van der Waals surface area (Å²) in [6.45, 7) is 10.6. The van der Waals surface area contributed by atoms with E-state index in [0.717, 1.165) is 30.0 Å². The third-order valence-corrected chi connectivity index (χ3v) is 6.49. The van der Waals surface area contributed by atoms with Gasteiger partial charge in [0.05, 0.1) is 17.3 Å². The van der Waals surface area contributed by atoms with Crippen LogP contribution < -0.4 is 9.80 Å². The zero-order valence-electron chi connectivity index (χ0n) is 18.6. The molecule has 2 heterocycles. The van der Waals surface area contributed by atoms with Crippen molar-refractivity contribution in [1.29, 1.82) is 5.26 Å². The number of piperazine rings is 1. The van der Waals surface area contributed by atoms with Crippen molar-refractivity contribution in [3.63, 3.8) is 0 Å². The van der Waals surface area contributed by atoms with Crippen LogP contribution in [0, 0.1) is 17.1 Å². The van der Waals surface area contributed by atoms with E-state index in [1.807, 2.05) is 23.1 Å². The van der Waals surface area contributed by atoms with E-state index in [2.05, 4.69) is 22.4 Å². The highest BCUT2D eigenvalue weighted by Crippen LogP contribution is 2.32. The Kier molecular flexibility index (Phi) is 6.45. The number of benzene rings is 2. The second-order valence-corrected chi connectivity index (χ2v) is 8.53. The minimum Gasteiger partial charge on any atom is -0.371 e. The van der Waals surface area contributed by atoms with Crippen molar-refractivity contribution in [3.05, 3.63) is 65.5 Å². The zero-order chi connectivity index (χ0) is 22.7. The standard InChI is InChI=1S/C26H29FN4O/c1-19(23-16-21(18-28)6-8-25(23)30-10-4-3-5-11-30)29-12-14-31(15-13-29)26-9-7-22(20(2)32)17-24(26)27/h6-9,16-17H,1,3-5,10-15H2,2H3. The van der Waals surface area contributed by atoms with Gasteiger partial charge in [-0.2, -0.15) is 5.26 Å². The fraction of sp³-hybridized carbons (Fsp3) is 0.385. The summed E-state index contributed by atoms with van der Waals surface area (Å²) in [5, 5.41) is 9.43. The molecule has 2 aliphatic rings. The number of ketones is 1. The molecule has 0 radical (unpaired) electrons. The summed E-state index contributed by atoms with van der Waals surface area (Å²) >= 11 is 0. The highest BCUT2D eigenvalue weighted by molar-refractivity contribution is 5.94. The quantitative estimate of drug-likeness (QED) is 0.642. The maximum Gasteiger partial charge on any atom is 0.159 e. The van der Waals surface area contributed by atoms with Crippen molar-refractivity contribution in [2.75, 3.05) is 49.1 Å². The van der Waals surface area contributed by atoms with E-state index in [4.69, 9.17) is 0 Å². The average molecular weight is 433 g/mol. The maximum atomic E-state index is 14.6. The molecular weight excluding hydrogens is 403 g/mol. The third-order valence-electron chi connectivity index (χ3n) is 6.49. The Morgan fingerprint density at radius 1 is 0.938 bits per heavy atom. The number of nitriles is 1. The van der Waals surface area contributed by atoms with E-state index in [9.17, 15) is 14.4 Å². The van der Waals surface area contributed by atoms with Crippen LogP contribution in [0.5, 0.6) is 0 Å². The molecule has 0 aromatic heterocycles. The van der Waals surface area contributed by atoms with Crippen molar-refractivity contribution >= 4 is 22.9 Å². The van der Waals surface area contributed by atoms with Crippen LogP contribution in [0.25, 0.3) is 5.70 Å². The minimum absolute atomic E-state index is 0.138. The van der Waals surface area contributed by atoms with E-state index < -0.39 is 0 Å². The molecule has 2 fully saturated rings. The number of anilines is 2. The summed E-state index contributed by atoms with van der Waals surface area (Å²) in [5.41, 5.74) is 4.61. The van der Waals surface area contributed by atoms with E-state index in [-0.39, 0.29) is 11.6 Å². The van der Waals surface area contributed by atoms with Gasteiger partial charge in [0.15, 0.2) is 5.78 Å². The predicted octanol–water partition coefficient (Wildman–Crippen LogP) is 4.68. The number of halogens is 1. The molecule has 0 unspecified atom stereocenters. The Balaban J connectivity index is 1.50. The average Bonchev–Trinajstić information content (AvgIpc) is 2.83. The molecular formula is C26H29FN4O. The van der Waals surface area contributed by atoms with Gasteiger partial charge in [0, 0.05) is 61.8 Å². The molecule has 0 N–H and O–H groups in total. The monoisotopic (exact) mass is 432 g/mol. The third kappa shape index (κ3) is 4.47. The normalized spacial score (nSPS) is 16.6. The van der Waals surface area contributed by atoms with E-state index in [0.29, 0.717) is 43.0 Å². The van der Waals surface area contributed by atoms with Gasteiger partial charge in [0.25, 0.3) is 0 Å². The summed E-state index contributed by atoms with van der Waals surface area (Å²) < 4.78 is 14.6. The Bertz CT molecular complexity index is 1060. The van der Waals surface area contributed by atoms with Crippen molar-refractivity contribution in [1.82, 2.24) is 4.90 Å². The molecule has 0 bridgehead atoms. The Labute approximate surface area is 189 Å². The van der Waals surface area contributed by atoms with Crippen LogP contribution in [0.15, 0.2) is 43.0 Å². The topological polar surface area (TPSA) is 50.6 Å². The van der Waals surface area contributed by atoms with Gasteiger partial charge in [-0.25, -0.2) is 4.39 Å². The van der Waals surface area contributed by atoms with E-state index >= 15 is 0 Å². The Morgan fingerprint density at radius 3 is 2.22 bits per heavy atom. The molecule has 166 valence electrons. The van der Waals surface area contributed by atoms with Crippen LogP contribution in [-0.2, 0) is 0 Å². The number of hydrogen-bond acceptors (Lipinski definition) is 5. The second kappa shape index (κ2) is 9.44. The molecule has 32 heavy (non-hydrogen) atoms. The van der Waals surface area contributed by atoms with Crippen molar-refractivity contribution in [2.45, 2.75) is 26.2 Å². The first-order valence-electron chi connectivity index (χ1n) is 11.3. The van der Waals surface area contributed by atoms with Crippen LogP contribution in [0.3, 0.4) is 0 Å². The lowest BCUT2D eigenvalue weighted by molar-refractivity contribution is 0.101. The highest BCUT2D eigenvalue weighted by Gasteiger charge is 2.24. The number of nitrogens with zero attached hydrogens (tertiary/aromatic N) is 4.